The molecule has 174 valence electrons. The van der Waals surface area contributed by atoms with Crippen LogP contribution in [0.1, 0.15) is 0 Å². The minimum absolute atomic E-state index is 0.664. The molecule has 0 saturated heterocycles. The number of thiophene rings is 1. The molecule has 0 fully saturated rings. The summed E-state index contributed by atoms with van der Waals surface area (Å²) in [6.45, 7) is 0. The van der Waals surface area contributed by atoms with Crippen molar-refractivity contribution in [1.82, 2.24) is 19.9 Å². The van der Waals surface area contributed by atoms with Crippen LogP contribution in [0.4, 0.5) is 0 Å². The van der Waals surface area contributed by atoms with Gasteiger partial charge in [0.05, 0.1) is 0 Å². The fraction of sp³-hybridized carbons (Fsp3) is 0. The summed E-state index contributed by atoms with van der Waals surface area (Å²) in [5, 5.41) is 2.36. The highest BCUT2D eigenvalue weighted by molar-refractivity contribution is 7.26. The largest absolute Gasteiger partial charge is 0.264 e. The maximum absolute atomic E-state index is 4.99. The summed E-state index contributed by atoms with van der Waals surface area (Å²) in [7, 11) is 0. The summed E-state index contributed by atoms with van der Waals surface area (Å²) < 4.78 is 2.44. The van der Waals surface area contributed by atoms with Gasteiger partial charge in [0.25, 0.3) is 0 Å². The minimum Gasteiger partial charge on any atom is -0.264 e. The molecule has 0 atom stereocenters. The second kappa shape index (κ2) is 9.04. The van der Waals surface area contributed by atoms with E-state index >= 15 is 0 Å². The van der Waals surface area contributed by atoms with Gasteiger partial charge in [-0.2, -0.15) is 0 Å². The van der Waals surface area contributed by atoms with Crippen molar-refractivity contribution in [2.24, 2.45) is 0 Å². The fourth-order valence-electron chi connectivity index (χ4n) is 4.71. The normalized spacial score (nSPS) is 11.2. The molecule has 0 spiro atoms. The average molecular weight is 493 g/mol. The minimum atomic E-state index is 0.664. The van der Waals surface area contributed by atoms with Gasteiger partial charge in [0.2, 0.25) is 0 Å². The van der Waals surface area contributed by atoms with Crippen LogP contribution in [-0.2, 0) is 0 Å². The standard InChI is InChI=1S/C32H20N4S/c1-3-10-21(11-4-1)30-34-31(22-12-5-2-6-13-22)36-32(35-30)26-17-8-18-27-28(26)25-16-7-15-24(29(25)37-27)23-14-9-19-33-20-23/h1-20H. The lowest BCUT2D eigenvalue weighted by molar-refractivity contribution is 1.08. The maximum Gasteiger partial charge on any atom is 0.164 e. The Bertz CT molecular complexity index is 1810. The van der Waals surface area contributed by atoms with Crippen LogP contribution in [0.15, 0.2) is 122 Å². The Balaban J connectivity index is 1.50. The number of rotatable bonds is 4. The van der Waals surface area contributed by atoms with E-state index in [0.717, 1.165) is 27.6 Å². The van der Waals surface area contributed by atoms with Crippen LogP contribution in [0.25, 0.3) is 65.5 Å². The number of hydrogen-bond acceptors (Lipinski definition) is 5. The molecule has 0 N–H and O–H groups in total. The number of benzene rings is 4. The van der Waals surface area contributed by atoms with E-state index in [2.05, 4.69) is 47.4 Å². The number of aromatic nitrogens is 4. The Morgan fingerprint density at radius 2 is 1.11 bits per heavy atom. The summed E-state index contributed by atoms with van der Waals surface area (Å²) in [6, 6.07) is 37.1. The first-order chi connectivity index (χ1) is 18.3. The summed E-state index contributed by atoms with van der Waals surface area (Å²) in [6.07, 6.45) is 3.73. The van der Waals surface area contributed by atoms with Crippen molar-refractivity contribution in [3.8, 4) is 45.3 Å². The Labute approximate surface area is 218 Å². The molecule has 0 aliphatic heterocycles. The van der Waals surface area contributed by atoms with E-state index in [-0.39, 0.29) is 0 Å². The quantitative estimate of drug-likeness (QED) is 0.248. The Morgan fingerprint density at radius 1 is 0.486 bits per heavy atom. The van der Waals surface area contributed by atoms with Crippen LogP contribution in [0.2, 0.25) is 0 Å². The number of hydrogen-bond donors (Lipinski definition) is 0. The molecule has 7 rings (SSSR count). The Kier molecular flexibility index (Phi) is 5.26. The number of pyridine rings is 1. The van der Waals surface area contributed by atoms with Gasteiger partial charge in [0, 0.05) is 60.4 Å². The zero-order chi connectivity index (χ0) is 24.6. The van der Waals surface area contributed by atoms with Gasteiger partial charge in [-0.05, 0) is 12.1 Å². The lowest BCUT2D eigenvalue weighted by Gasteiger charge is -2.09. The zero-order valence-corrected chi connectivity index (χ0v) is 20.6. The predicted molar refractivity (Wildman–Crippen MR) is 152 cm³/mol. The van der Waals surface area contributed by atoms with Gasteiger partial charge in [0.1, 0.15) is 0 Å². The second-order valence-corrected chi connectivity index (χ2v) is 9.80. The van der Waals surface area contributed by atoms with E-state index in [4.69, 9.17) is 15.0 Å². The maximum atomic E-state index is 4.99. The third-order valence-electron chi connectivity index (χ3n) is 6.44. The molecule has 0 aliphatic carbocycles. The topological polar surface area (TPSA) is 51.6 Å². The Hall–Kier alpha value is -4.74. The van der Waals surface area contributed by atoms with Crippen LogP contribution in [-0.4, -0.2) is 19.9 Å². The van der Waals surface area contributed by atoms with E-state index < -0.39 is 0 Å². The lowest BCUT2D eigenvalue weighted by Crippen LogP contribution is -2.00. The van der Waals surface area contributed by atoms with Crippen molar-refractivity contribution < 1.29 is 0 Å². The third-order valence-corrected chi connectivity index (χ3v) is 7.64. The first-order valence-electron chi connectivity index (χ1n) is 12.1. The van der Waals surface area contributed by atoms with Crippen LogP contribution >= 0.6 is 11.3 Å². The van der Waals surface area contributed by atoms with Crippen LogP contribution in [0.5, 0.6) is 0 Å². The monoisotopic (exact) mass is 492 g/mol. The van der Waals surface area contributed by atoms with Gasteiger partial charge < -0.3 is 0 Å². The summed E-state index contributed by atoms with van der Waals surface area (Å²) in [5.74, 6) is 2.00. The van der Waals surface area contributed by atoms with E-state index in [1.807, 2.05) is 79.1 Å². The van der Waals surface area contributed by atoms with Gasteiger partial charge >= 0.3 is 0 Å². The van der Waals surface area contributed by atoms with E-state index in [0.29, 0.717) is 17.5 Å². The van der Waals surface area contributed by atoms with Crippen LogP contribution in [0, 0.1) is 0 Å². The van der Waals surface area contributed by atoms with Gasteiger partial charge in [-0.1, -0.05) is 97.1 Å². The first kappa shape index (κ1) is 21.5. The first-order valence-corrected chi connectivity index (χ1v) is 12.9. The van der Waals surface area contributed by atoms with Gasteiger partial charge in [-0.25, -0.2) is 15.0 Å². The van der Waals surface area contributed by atoms with Gasteiger partial charge in [-0.3, -0.25) is 4.98 Å². The van der Waals surface area contributed by atoms with E-state index in [1.165, 1.54) is 20.3 Å². The molecule has 0 unspecified atom stereocenters. The van der Waals surface area contributed by atoms with Crippen LogP contribution in [0.3, 0.4) is 0 Å². The average Bonchev–Trinajstić information content (AvgIpc) is 3.37. The van der Waals surface area contributed by atoms with Crippen molar-refractivity contribution >= 4 is 31.5 Å². The highest BCUT2D eigenvalue weighted by Crippen LogP contribution is 2.43. The molecule has 0 aliphatic rings. The number of nitrogens with zero attached hydrogens (tertiary/aromatic N) is 4. The molecular formula is C32H20N4S. The predicted octanol–water partition coefficient (Wildman–Crippen LogP) is 8.30. The molecule has 37 heavy (non-hydrogen) atoms. The third kappa shape index (κ3) is 3.86. The molecule has 3 heterocycles. The molecule has 0 saturated carbocycles. The van der Waals surface area contributed by atoms with E-state index in [1.54, 1.807) is 11.3 Å². The molecule has 7 aromatic rings. The summed E-state index contributed by atoms with van der Waals surface area (Å²) >= 11 is 1.79. The Morgan fingerprint density at radius 3 is 1.78 bits per heavy atom. The SMILES string of the molecule is c1ccc(-c2nc(-c3ccccc3)nc(-c3cccc4sc5c(-c6cccnc6)cccc5c34)n2)cc1. The van der Waals surface area contributed by atoms with Crippen molar-refractivity contribution in [2.45, 2.75) is 0 Å². The lowest BCUT2D eigenvalue weighted by atomic mass is 10.0. The van der Waals surface area contributed by atoms with Crippen LogP contribution < -0.4 is 0 Å². The zero-order valence-electron chi connectivity index (χ0n) is 19.7. The van der Waals surface area contributed by atoms with Crippen molar-refractivity contribution in [2.75, 3.05) is 0 Å². The highest BCUT2D eigenvalue weighted by atomic mass is 32.1. The smallest absolute Gasteiger partial charge is 0.164 e. The van der Waals surface area contributed by atoms with Gasteiger partial charge in [-0.15, -0.1) is 11.3 Å². The van der Waals surface area contributed by atoms with Crippen molar-refractivity contribution in [1.29, 1.82) is 0 Å². The summed E-state index contributed by atoms with van der Waals surface area (Å²) in [5.41, 5.74) is 5.22. The molecule has 3 aromatic heterocycles. The molecule has 4 aromatic carbocycles. The fourth-order valence-corrected chi connectivity index (χ4v) is 5.98. The number of fused-ring (bicyclic) bond motifs is 3. The molecule has 4 nitrogen and oxygen atoms in total. The molecular weight excluding hydrogens is 472 g/mol. The molecule has 0 radical (unpaired) electrons. The molecule has 0 bridgehead atoms. The molecule has 5 heteroatoms. The second-order valence-electron chi connectivity index (χ2n) is 8.74. The summed E-state index contributed by atoms with van der Waals surface area (Å²) in [4.78, 5) is 19.2. The van der Waals surface area contributed by atoms with Crippen molar-refractivity contribution in [3.63, 3.8) is 0 Å². The van der Waals surface area contributed by atoms with Gasteiger partial charge in [0.15, 0.2) is 17.5 Å². The highest BCUT2D eigenvalue weighted by Gasteiger charge is 2.18. The molecule has 0 amide bonds. The van der Waals surface area contributed by atoms with Crippen molar-refractivity contribution in [3.05, 3.63) is 122 Å². The van der Waals surface area contributed by atoms with E-state index in [9.17, 15) is 0 Å².